The number of ether oxygens (including phenoxy) is 1. The van der Waals surface area contributed by atoms with Crippen LogP contribution in [0.1, 0.15) is 66.4 Å². The maximum absolute atomic E-state index is 12.0. The van der Waals surface area contributed by atoms with Crippen molar-refractivity contribution < 1.29 is 9.53 Å². The molecule has 2 N–H and O–H groups in total. The van der Waals surface area contributed by atoms with Gasteiger partial charge in [-0.25, -0.2) is 9.78 Å². The minimum absolute atomic E-state index is 0. The van der Waals surface area contributed by atoms with Crippen molar-refractivity contribution in [2.75, 3.05) is 39.8 Å². The number of hydrogen-bond donors (Lipinski definition) is 2. The van der Waals surface area contributed by atoms with Gasteiger partial charge >= 0.3 is 5.97 Å². The molecule has 2 heterocycles. The van der Waals surface area contributed by atoms with E-state index in [0.717, 1.165) is 17.5 Å². The van der Waals surface area contributed by atoms with Crippen LogP contribution in [0, 0.1) is 12.8 Å². The zero-order valence-corrected chi connectivity index (χ0v) is 21.4. The molecule has 1 aliphatic heterocycles. The Morgan fingerprint density at radius 3 is 2.66 bits per heavy atom. The average Bonchev–Trinajstić information content (AvgIpc) is 3.08. The van der Waals surface area contributed by atoms with E-state index in [2.05, 4.69) is 32.4 Å². The van der Waals surface area contributed by atoms with Crippen molar-refractivity contribution >= 4 is 47.2 Å². The van der Waals surface area contributed by atoms with E-state index < -0.39 is 0 Å². The first-order chi connectivity index (χ1) is 13.5. The molecule has 1 aromatic heterocycles. The molecular weight excluding hydrogens is 501 g/mol. The van der Waals surface area contributed by atoms with E-state index in [9.17, 15) is 4.79 Å². The Morgan fingerprint density at radius 2 is 2.07 bits per heavy atom. The van der Waals surface area contributed by atoms with Gasteiger partial charge in [-0.3, -0.25) is 4.99 Å². The number of hydrogen-bond acceptors (Lipinski definition) is 6. The van der Waals surface area contributed by atoms with Crippen molar-refractivity contribution in [1.29, 1.82) is 0 Å². The molecule has 9 heteroatoms. The lowest BCUT2D eigenvalue weighted by molar-refractivity contribution is 0.0531. The van der Waals surface area contributed by atoms with E-state index in [1.165, 1.54) is 50.2 Å². The standard InChI is InChI=1S/C20H35N5O2S.HI/c1-6-10-25-11-8-16(9-12-25)13-22-20(21-5)24-15(4)18-23-14(3)17(28-18)19(26)27-7-2;/h15-16H,6-13H2,1-5H3,(H2,21,22,24);1H. The summed E-state index contributed by atoms with van der Waals surface area (Å²) in [6.45, 7) is 12.8. The number of rotatable bonds is 8. The molecular formula is C20H36IN5O2S. The van der Waals surface area contributed by atoms with E-state index in [1.54, 1.807) is 7.05 Å². The molecule has 0 radical (unpaired) electrons. The fourth-order valence-corrected chi connectivity index (χ4v) is 4.38. The first kappa shape index (κ1) is 26.1. The van der Waals surface area contributed by atoms with Crippen molar-refractivity contribution in [2.45, 2.75) is 53.0 Å². The quantitative estimate of drug-likeness (QED) is 0.229. The molecule has 7 nitrogen and oxygen atoms in total. The average molecular weight is 538 g/mol. The Labute approximate surface area is 196 Å². The first-order valence-electron chi connectivity index (χ1n) is 10.3. The number of aryl methyl sites for hydroxylation is 1. The molecule has 166 valence electrons. The first-order valence-corrected chi connectivity index (χ1v) is 11.1. The molecule has 2 rings (SSSR count). The second-order valence-electron chi connectivity index (χ2n) is 7.29. The molecule has 1 saturated heterocycles. The number of thiazole rings is 1. The number of esters is 1. The lowest BCUT2D eigenvalue weighted by Gasteiger charge is -2.32. The van der Waals surface area contributed by atoms with Gasteiger partial charge in [0.1, 0.15) is 9.88 Å². The summed E-state index contributed by atoms with van der Waals surface area (Å²) in [4.78, 5) is 24.0. The monoisotopic (exact) mass is 537 g/mol. The van der Waals surface area contributed by atoms with Gasteiger partial charge in [-0.15, -0.1) is 35.3 Å². The van der Waals surface area contributed by atoms with Crippen LogP contribution < -0.4 is 10.6 Å². The highest BCUT2D eigenvalue weighted by Gasteiger charge is 2.21. The van der Waals surface area contributed by atoms with Gasteiger partial charge in [0.25, 0.3) is 0 Å². The summed E-state index contributed by atoms with van der Waals surface area (Å²) in [6, 6.07) is -0.0375. The van der Waals surface area contributed by atoms with Crippen molar-refractivity contribution in [2.24, 2.45) is 10.9 Å². The lowest BCUT2D eigenvalue weighted by atomic mass is 9.97. The van der Waals surface area contributed by atoms with Crippen LogP contribution in [0.15, 0.2) is 4.99 Å². The van der Waals surface area contributed by atoms with Crippen LogP contribution in [0.2, 0.25) is 0 Å². The zero-order chi connectivity index (χ0) is 20.5. The minimum atomic E-state index is -0.298. The van der Waals surface area contributed by atoms with Crippen molar-refractivity contribution in [3.8, 4) is 0 Å². The van der Waals surface area contributed by atoms with Crippen molar-refractivity contribution in [1.82, 2.24) is 20.5 Å². The number of carbonyl (C=O) groups is 1. The number of nitrogens with one attached hydrogen (secondary N) is 2. The van der Waals surface area contributed by atoms with Gasteiger partial charge in [0.15, 0.2) is 5.96 Å². The summed E-state index contributed by atoms with van der Waals surface area (Å²) < 4.78 is 5.10. The molecule has 1 fully saturated rings. The Bertz CT molecular complexity index is 659. The van der Waals surface area contributed by atoms with Gasteiger partial charge in [-0.05, 0) is 65.6 Å². The maximum atomic E-state index is 12.0. The Balaban J connectivity index is 0.00000420. The second-order valence-corrected chi connectivity index (χ2v) is 8.32. The van der Waals surface area contributed by atoms with Gasteiger partial charge < -0.3 is 20.3 Å². The largest absolute Gasteiger partial charge is 0.462 e. The number of piperidine rings is 1. The van der Waals surface area contributed by atoms with E-state index in [4.69, 9.17) is 4.74 Å². The summed E-state index contributed by atoms with van der Waals surface area (Å²) in [5, 5.41) is 7.70. The fourth-order valence-electron chi connectivity index (χ4n) is 3.42. The van der Waals surface area contributed by atoms with Crippen molar-refractivity contribution in [3.63, 3.8) is 0 Å². The summed E-state index contributed by atoms with van der Waals surface area (Å²) in [6.07, 6.45) is 3.69. The second kappa shape index (κ2) is 13.4. The van der Waals surface area contributed by atoms with Crippen molar-refractivity contribution in [3.05, 3.63) is 15.6 Å². The summed E-state index contributed by atoms with van der Waals surface area (Å²) >= 11 is 1.38. The third-order valence-corrected chi connectivity index (χ3v) is 6.35. The molecule has 0 amide bonds. The predicted octanol–water partition coefficient (Wildman–Crippen LogP) is 3.59. The van der Waals surface area contributed by atoms with Gasteiger partial charge in [-0.2, -0.15) is 0 Å². The Hall–Kier alpha value is -0.940. The summed E-state index contributed by atoms with van der Waals surface area (Å²) in [5.74, 6) is 1.15. The molecule has 1 aliphatic rings. The molecule has 1 aromatic rings. The van der Waals surface area contributed by atoms with E-state index in [1.807, 2.05) is 20.8 Å². The van der Waals surface area contributed by atoms with E-state index in [0.29, 0.717) is 23.1 Å². The number of aliphatic imine (C=N–C) groups is 1. The van der Waals surface area contributed by atoms with Gasteiger partial charge in [0, 0.05) is 13.6 Å². The van der Waals surface area contributed by atoms with Crippen LogP contribution in [0.5, 0.6) is 0 Å². The molecule has 0 bridgehead atoms. The maximum Gasteiger partial charge on any atom is 0.350 e. The van der Waals surface area contributed by atoms with Crippen LogP contribution in [-0.4, -0.2) is 61.6 Å². The van der Waals surface area contributed by atoms with Gasteiger partial charge in [0.05, 0.1) is 18.3 Å². The normalized spacial score (nSPS) is 16.8. The minimum Gasteiger partial charge on any atom is -0.462 e. The zero-order valence-electron chi connectivity index (χ0n) is 18.3. The molecule has 1 unspecified atom stereocenters. The third-order valence-electron chi connectivity index (χ3n) is 5.03. The smallest absolute Gasteiger partial charge is 0.350 e. The van der Waals surface area contributed by atoms with Crippen LogP contribution in [-0.2, 0) is 4.74 Å². The number of carbonyl (C=O) groups excluding carboxylic acids is 1. The summed E-state index contributed by atoms with van der Waals surface area (Å²) in [7, 11) is 1.78. The lowest BCUT2D eigenvalue weighted by Crippen LogP contribution is -2.43. The fraction of sp³-hybridized carbons (Fsp3) is 0.750. The number of nitrogens with zero attached hydrogens (tertiary/aromatic N) is 3. The number of aromatic nitrogens is 1. The van der Waals surface area contributed by atoms with Crippen LogP contribution in [0.4, 0.5) is 0 Å². The van der Waals surface area contributed by atoms with Crippen LogP contribution in [0.25, 0.3) is 0 Å². The Morgan fingerprint density at radius 1 is 1.38 bits per heavy atom. The number of halogens is 1. The highest BCUT2D eigenvalue weighted by molar-refractivity contribution is 14.0. The van der Waals surface area contributed by atoms with Crippen LogP contribution in [0.3, 0.4) is 0 Å². The molecule has 0 saturated carbocycles. The van der Waals surface area contributed by atoms with E-state index in [-0.39, 0.29) is 36.0 Å². The molecule has 1 atom stereocenters. The number of guanidine groups is 1. The van der Waals surface area contributed by atoms with Gasteiger partial charge in [-0.1, -0.05) is 6.92 Å². The molecule has 29 heavy (non-hydrogen) atoms. The SMILES string of the molecule is CCCN1CCC(CNC(=NC)NC(C)c2nc(C)c(C(=O)OCC)s2)CC1.I. The van der Waals surface area contributed by atoms with Crippen LogP contribution >= 0.6 is 35.3 Å². The number of likely N-dealkylation sites (tertiary alicyclic amines) is 1. The topological polar surface area (TPSA) is 78.9 Å². The predicted molar refractivity (Wildman–Crippen MR) is 131 cm³/mol. The molecule has 0 aliphatic carbocycles. The summed E-state index contributed by atoms with van der Waals surface area (Å²) in [5.41, 5.74) is 0.717. The third kappa shape index (κ3) is 8.01. The highest BCUT2D eigenvalue weighted by Crippen LogP contribution is 2.24. The van der Waals surface area contributed by atoms with Gasteiger partial charge in [0.2, 0.25) is 0 Å². The van der Waals surface area contributed by atoms with E-state index >= 15 is 0 Å². The molecule has 0 spiro atoms. The highest BCUT2D eigenvalue weighted by atomic mass is 127. The molecule has 0 aromatic carbocycles. The Kier molecular flexibility index (Phi) is 12.0.